The molecular weight excluding hydrogens is 857 g/mol. The molecule has 12 atom stereocenters. The molecule has 0 spiro atoms. The summed E-state index contributed by atoms with van der Waals surface area (Å²) in [5.41, 5.74) is 5.93. The van der Waals surface area contributed by atoms with Gasteiger partial charge < -0.3 is 56.7 Å². The molecule has 20 nitrogen and oxygen atoms in total. The highest BCUT2D eigenvalue weighted by Gasteiger charge is 2.52. The average molecular weight is 927 g/mol. The summed E-state index contributed by atoms with van der Waals surface area (Å²) in [6.07, 6.45) is -2.68. The minimum absolute atomic E-state index is 0.0129. The third-order valence-corrected chi connectivity index (χ3v) is 13.1. The molecule has 1 aromatic carbocycles. The van der Waals surface area contributed by atoms with Gasteiger partial charge in [0.25, 0.3) is 0 Å². The summed E-state index contributed by atoms with van der Waals surface area (Å²) in [5.74, 6) is -9.06. The average Bonchev–Trinajstić information content (AvgIpc) is 3.58. The lowest BCUT2D eigenvalue weighted by Crippen LogP contribution is -2.66. The SMILES string of the molecule is CC[C@H](C)[C@@H]1NC(=O)[C@H](Cc2ccc(O)cc2)N(C)C(=O)[C@H]([C@@H](C)CC)N2C(=O)[C@H](CC[C@@H]2O)NC(=O)[C@H](CC(C)C)NC(=O)[C@@H]2[C@H](OC1=O)[C@@H](C)CN2C(=O)[C@H](CCC(N)=O)NC(C)=O. The maximum Gasteiger partial charge on any atom is 0.329 e. The van der Waals surface area contributed by atoms with Crippen molar-refractivity contribution in [1.29, 1.82) is 0 Å². The van der Waals surface area contributed by atoms with E-state index < -0.39 is 126 Å². The number of likely N-dealkylation sites (N-methyl/N-ethyl adjacent to an activating group) is 1. The predicted molar refractivity (Wildman–Crippen MR) is 239 cm³/mol. The zero-order valence-corrected chi connectivity index (χ0v) is 39.6. The molecule has 0 saturated carbocycles. The van der Waals surface area contributed by atoms with Crippen LogP contribution in [0.3, 0.4) is 0 Å². The molecule has 2 bridgehead atoms. The van der Waals surface area contributed by atoms with Gasteiger partial charge in [0.15, 0.2) is 0 Å². The number of fused-ring (bicyclic) bond motifs is 3. The van der Waals surface area contributed by atoms with Gasteiger partial charge in [0.05, 0.1) is 0 Å². The number of rotatable bonds is 13. The number of ether oxygens (including phenoxy) is 1. The second kappa shape index (κ2) is 23.1. The van der Waals surface area contributed by atoms with Crippen LogP contribution in [-0.2, 0) is 54.3 Å². The lowest BCUT2D eigenvalue weighted by Gasteiger charge is -2.44. The number of amides is 8. The second-order valence-electron chi connectivity index (χ2n) is 18.7. The van der Waals surface area contributed by atoms with Crippen LogP contribution in [0.4, 0.5) is 0 Å². The fourth-order valence-corrected chi connectivity index (χ4v) is 8.91. The number of aliphatic hydroxyl groups is 1. The Morgan fingerprint density at radius 2 is 1.53 bits per heavy atom. The van der Waals surface area contributed by atoms with E-state index in [4.69, 9.17) is 10.5 Å². The van der Waals surface area contributed by atoms with Crippen molar-refractivity contribution in [3.05, 3.63) is 29.8 Å². The van der Waals surface area contributed by atoms with Crippen molar-refractivity contribution in [3.63, 3.8) is 0 Å². The number of nitrogens with one attached hydrogen (secondary N) is 4. The molecule has 66 heavy (non-hydrogen) atoms. The summed E-state index contributed by atoms with van der Waals surface area (Å²) >= 11 is 0. The van der Waals surface area contributed by atoms with Crippen LogP contribution in [0.2, 0.25) is 0 Å². The fraction of sp³-hybridized carbons (Fsp3) is 0.674. The highest BCUT2D eigenvalue weighted by Crippen LogP contribution is 2.31. The van der Waals surface area contributed by atoms with Crippen LogP contribution in [0.15, 0.2) is 24.3 Å². The second-order valence-corrected chi connectivity index (χ2v) is 18.7. The van der Waals surface area contributed by atoms with E-state index in [2.05, 4.69) is 21.3 Å². The largest absolute Gasteiger partial charge is 0.508 e. The molecule has 3 saturated heterocycles. The number of likely N-dealkylation sites (tertiary alicyclic amines) is 1. The van der Waals surface area contributed by atoms with E-state index in [0.29, 0.717) is 18.4 Å². The lowest BCUT2D eigenvalue weighted by atomic mass is 9.91. The summed E-state index contributed by atoms with van der Waals surface area (Å²) < 4.78 is 6.19. The van der Waals surface area contributed by atoms with Crippen LogP contribution in [0.1, 0.15) is 106 Å². The lowest BCUT2D eigenvalue weighted by molar-refractivity contribution is -0.168. The number of esters is 1. The molecule has 366 valence electrons. The molecule has 1 aromatic rings. The maximum absolute atomic E-state index is 14.9. The van der Waals surface area contributed by atoms with E-state index in [-0.39, 0.29) is 56.7 Å². The van der Waals surface area contributed by atoms with Gasteiger partial charge in [-0.05, 0) is 61.1 Å². The monoisotopic (exact) mass is 927 g/mol. The maximum atomic E-state index is 14.9. The van der Waals surface area contributed by atoms with Gasteiger partial charge in [-0.25, -0.2) is 4.79 Å². The zero-order valence-electron chi connectivity index (χ0n) is 39.6. The number of carbonyl (C=O) groups is 9. The number of hydrogen-bond acceptors (Lipinski definition) is 12. The molecule has 4 rings (SSSR count). The highest BCUT2D eigenvalue weighted by atomic mass is 16.5. The summed E-state index contributed by atoms with van der Waals surface area (Å²) in [4.78, 5) is 130. The number of carbonyl (C=O) groups excluding carboxylic acids is 9. The third kappa shape index (κ3) is 12.8. The van der Waals surface area contributed by atoms with Crippen LogP contribution >= 0.6 is 0 Å². The number of piperidine rings is 1. The van der Waals surface area contributed by atoms with Crippen molar-refractivity contribution in [3.8, 4) is 5.75 Å². The Morgan fingerprint density at radius 1 is 0.894 bits per heavy atom. The standard InChI is InChI=1S/C46H70N8O12/c1-10-24(5)36-46(65)66-39-26(7)22-53(43(62)30(48-27(8)55)16-18-34(47)57)38(39)42(61)50-32(20-23(3)4)40(59)49-31-17-19-35(58)54(44(31)63)37(25(6)11-2)45(64)52(9)33(41(60)51-36)21-28-12-14-29(56)15-13-28/h12-15,23-26,30-33,35-39,56,58H,10-11,16-22H2,1-9H3,(H2,47,57)(H,48,55)(H,49,59)(H,50,61)(H,51,60)/t24-,25-,26-,30-,31-,32-,33-,35-,36-,37-,38-,39+/m0/s1. The predicted octanol–water partition coefficient (Wildman–Crippen LogP) is 0.206. The number of primary amides is 1. The Hall–Kier alpha value is -5.79. The minimum atomic E-state index is -1.59. The Kier molecular flexibility index (Phi) is 18.5. The van der Waals surface area contributed by atoms with Crippen molar-refractivity contribution < 1.29 is 58.1 Å². The number of aliphatic hydroxyl groups excluding tert-OH is 1. The molecule has 20 heteroatoms. The van der Waals surface area contributed by atoms with Gasteiger partial charge in [0.2, 0.25) is 47.3 Å². The molecule has 8 amide bonds. The molecule has 3 aliphatic rings. The number of nitrogens with two attached hydrogens (primary N) is 1. The zero-order chi connectivity index (χ0) is 49.3. The van der Waals surface area contributed by atoms with Crippen LogP contribution < -0.4 is 27.0 Å². The van der Waals surface area contributed by atoms with Crippen LogP contribution in [0.25, 0.3) is 0 Å². The first kappa shape index (κ1) is 52.8. The Bertz CT molecular complexity index is 1960. The summed E-state index contributed by atoms with van der Waals surface area (Å²) in [6, 6.07) is -3.48. The van der Waals surface area contributed by atoms with Gasteiger partial charge in [-0.3, -0.25) is 38.4 Å². The summed E-state index contributed by atoms with van der Waals surface area (Å²) in [5, 5.41) is 32.3. The van der Waals surface area contributed by atoms with Gasteiger partial charge in [-0.1, -0.05) is 73.4 Å². The number of benzene rings is 1. The first-order chi connectivity index (χ1) is 31.0. The number of nitrogens with zero attached hydrogens (tertiary/aromatic N) is 3. The molecule has 0 unspecified atom stereocenters. The summed E-state index contributed by atoms with van der Waals surface area (Å²) in [7, 11) is 1.39. The van der Waals surface area contributed by atoms with Crippen molar-refractivity contribution in [2.75, 3.05) is 13.6 Å². The molecular formula is C46H70N8O12. The highest BCUT2D eigenvalue weighted by molar-refractivity contribution is 5.98. The van der Waals surface area contributed by atoms with Gasteiger partial charge >= 0.3 is 5.97 Å². The van der Waals surface area contributed by atoms with Gasteiger partial charge in [-0.15, -0.1) is 0 Å². The van der Waals surface area contributed by atoms with Crippen LogP contribution in [0, 0.1) is 23.7 Å². The fourth-order valence-electron chi connectivity index (χ4n) is 8.91. The first-order valence-electron chi connectivity index (χ1n) is 23.0. The van der Waals surface area contributed by atoms with Crippen molar-refractivity contribution in [2.24, 2.45) is 29.4 Å². The first-order valence-corrected chi connectivity index (χ1v) is 23.0. The molecule has 0 radical (unpaired) electrons. The van der Waals surface area contributed by atoms with Crippen LogP contribution in [0.5, 0.6) is 5.75 Å². The Labute approximate surface area is 386 Å². The number of phenolic OH excluding ortho intramolecular Hbond substituents is 1. The molecule has 3 fully saturated rings. The molecule has 0 aliphatic carbocycles. The van der Waals surface area contributed by atoms with E-state index in [1.54, 1.807) is 46.8 Å². The molecule has 8 N–H and O–H groups in total. The molecule has 0 aromatic heterocycles. The third-order valence-electron chi connectivity index (χ3n) is 13.1. The summed E-state index contributed by atoms with van der Waals surface area (Å²) in [6.45, 7) is 13.3. The topological polar surface area (TPSA) is 287 Å². The molecule has 3 aliphatic heterocycles. The Morgan fingerprint density at radius 3 is 2.11 bits per heavy atom. The number of phenols is 1. The van der Waals surface area contributed by atoms with E-state index >= 15 is 0 Å². The van der Waals surface area contributed by atoms with E-state index in [1.807, 2.05) is 13.8 Å². The smallest absolute Gasteiger partial charge is 0.329 e. The van der Waals surface area contributed by atoms with Gasteiger partial charge in [0.1, 0.15) is 60.4 Å². The number of hydrogen-bond donors (Lipinski definition) is 7. The Balaban J connectivity index is 1.93. The van der Waals surface area contributed by atoms with E-state index in [1.165, 1.54) is 31.0 Å². The van der Waals surface area contributed by atoms with Crippen molar-refractivity contribution in [1.82, 2.24) is 36.0 Å². The van der Waals surface area contributed by atoms with Crippen molar-refractivity contribution in [2.45, 2.75) is 161 Å². The van der Waals surface area contributed by atoms with E-state index in [0.717, 1.165) is 9.80 Å². The molecule has 3 heterocycles. The van der Waals surface area contributed by atoms with Gasteiger partial charge in [-0.2, -0.15) is 0 Å². The van der Waals surface area contributed by atoms with Crippen molar-refractivity contribution >= 4 is 53.2 Å². The quantitative estimate of drug-likeness (QED) is 0.131. The normalized spacial score (nSPS) is 28.4. The van der Waals surface area contributed by atoms with Crippen LogP contribution in [-0.4, -0.2) is 146 Å². The van der Waals surface area contributed by atoms with Gasteiger partial charge in [0, 0.05) is 39.3 Å². The minimum Gasteiger partial charge on any atom is -0.508 e. The van der Waals surface area contributed by atoms with E-state index in [9.17, 15) is 53.4 Å². The number of aromatic hydroxyl groups is 1.